The van der Waals surface area contributed by atoms with Gasteiger partial charge in [-0.15, -0.1) is 0 Å². The van der Waals surface area contributed by atoms with Crippen LogP contribution in [0.2, 0.25) is 0 Å². The van der Waals surface area contributed by atoms with Gasteiger partial charge in [0.05, 0.1) is 0 Å². The number of nitrogens with one attached hydrogen (secondary N) is 1. The van der Waals surface area contributed by atoms with Gasteiger partial charge in [0.15, 0.2) is 0 Å². The van der Waals surface area contributed by atoms with Crippen LogP contribution in [0, 0.1) is 0 Å². The summed E-state index contributed by atoms with van der Waals surface area (Å²) in [6, 6.07) is 1.98. The lowest BCUT2D eigenvalue weighted by Gasteiger charge is -1.91. The molecular formula is C11H15NO2. The number of carboxylic acid groups (broad SMARTS) is 1. The normalized spacial score (nSPS) is 10.9. The largest absolute Gasteiger partial charge is 0.478 e. The van der Waals surface area contributed by atoms with Crippen LogP contribution < -0.4 is 0 Å². The van der Waals surface area contributed by atoms with E-state index in [0.29, 0.717) is 0 Å². The molecule has 0 saturated heterocycles. The van der Waals surface area contributed by atoms with Gasteiger partial charge in [0.1, 0.15) is 0 Å². The van der Waals surface area contributed by atoms with Gasteiger partial charge in [0.25, 0.3) is 0 Å². The summed E-state index contributed by atoms with van der Waals surface area (Å²) in [4.78, 5) is 13.3. The highest BCUT2D eigenvalue weighted by Crippen LogP contribution is 2.08. The van der Waals surface area contributed by atoms with Gasteiger partial charge in [-0.25, -0.2) is 4.79 Å². The molecule has 3 nitrogen and oxygen atoms in total. The van der Waals surface area contributed by atoms with Crippen molar-refractivity contribution in [3.63, 3.8) is 0 Å². The fourth-order valence-electron chi connectivity index (χ4n) is 1.24. The topological polar surface area (TPSA) is 53.1 Å². The zero-order valence-electron chi connectivity index (χ0n) is 8.29. The van der Waals surface area contributed by atoms with Crippen LogP contribution in [-0.2, 0) is 11.2 Å². The lowest BCUT2D eigenvalue weighted by molar-refractivity contribution is -0.131. The summed E-state index contributed by atoms with van der Waals surface area (Å²) in [5, 5.41) is 8.42. The molecule has 76 valence electrons. The first-order valence-corrected chi connectivity index (χ1v) is 4.80. The fourth-order valence-corrected chi connectivity index (χ4v) is 1.24. The maximum atomic E-state index is 10.3. The average Bonchev–Trinajstić information content (AvgIpc) is 2.59. The van der Waals surface area contributed by atoms with Crippen LogP contribution in [0.5, 0.6) is 0 Å². The molecule has 0 fully saturated rings. The minimum atomic E-state index is -0.922. The van der Waals surface area contributed by atoms with E-state index in [9.17, 15) is 4.79 Å². The Bertz CT molecular complexity index is 326. The van der Waals surface area contributed by atoms with E-state index < -0.39 is 5.97 Å². The Balaban J connectivity index is 2.54. The highest BCUT2D eigenvalue weighted by Gasteiger charge is 1.96. The van der Waals surface area contributed by atoms with Crippen molar-refractivity contribution in [1.82, 2.24) is 4.98 Å². The standard InChI is InChI=1S/C11H15NO2/c1-2-3-4-9-7-10(12-8-9)5-6-11(13)14/h5-8,12H,2-4H2,1H3,(H,13,14). The van der Waals surface area contributed by atoms with Gasteiger partial charge in [-0.2, -0.15) is 0 Å². The number of aryl methyl sites for hydroxylation is 1. The third-order valence-corrected chi connectivity index (χ3v) is 1.99. The monoisotopic (exact) mass is 193 g/mol. The molecule has 0 bridgehead atoms. The molecule has 0 aromatic carbocycles. The van der Waals surface area contributed by atoms with Gasteiger partial charge in [0, 0.05) is 18.0 Å². The summed E-state index contributed by atoms with van der Waals surface area (Å²) in [6.45, 7) is 2.15. The third-order valence-electron chi connectivity index (χ3n) is 1.99. The van der Waals surface area contributed by atoms with Crippen molar-refractivity contribution in [2.75, 3.05) is 0 Å². The van der Waals surface area contributed by atoms with E-state index in [-0.39, 0.29) is 0 Å². The molecule has 0 radical (unpaired) electrons. The first-order chi connectivity index (χ1) is 6.72. The number of aromatic nitrogens is 1. The van der Waals surface area contributed by atoms with E-state index >= 15 is 0 Å². The molecule has 1 rings (SSSR count). The molecule has 1 heterocycles. The Morgan fingerprint density at radius 1 is 1.64 bits per heavy atom. The van der Waals surface area contributed by atoms with E-state index in [1.807, 2.05) is 12.3 Å². The van der Waals surface area contributed by atoms with E-state index in [4.69, 9.17) is 5.11 Å². The lowest BCUT2D eigenvalue weighted by atomic mass is 10.1. The molecule has 0 amide bonds. The molecule has 1 aromatic rings. The summed E-state index contributed by atoms with van der Waals surface area (Å²) in [6.07, 6.45) is 8.02. The van der Waals surface area contributed by atoms with Crippen LogP contribution in [0.3, 0.4) is 0 Å². The van der Waals surface area contributed by atoms with Gasteiger partial charge >= 0.3 is 5.97 Å². The Hall–Kier alpha value is -1.51. The molecule has 0 saturated carbocycles. The van der Waals surface area contributed by atoms with Crippen molar-refractivity contribution in [3.8, 4) is 0 Å². The first kappa shape index (κ1) is 10.6. The minimum absolute atomic E-state index is 0.846. The first-order valence-electron chi connectivity index (χ1n) is 4.80. The van der Waals surface area contributed by atoms with E-state index in [2.05, 4.69) is 11.9 Å². The van der Waals surface area contributed by atoms with Crippen molar-refractivity contribution in [1.29, 1.82) is 0 Å². The molecule has 14 heavy (non-hydrogen) atoms. The third kappa shape index (κ3) is 3.47. The molecule has 2 N–H and O–H groups in total. The zero-order chi connectivity index (χ0) is 10.4. The van der Waals surface area contributed by atoms with Gasteiger partial charge in [-0.05, 0) is 30.5 Å². The van der Waals surface area contributed by atoms with Crippen LogP contribution in [0.25, 0.3) is 6.08 Å². The molecule has 0 unspecified atom stereocenters. The summed E-state index contributed by atoms with van der Waals surface area (Å²) < 4.78 is 0. The van der Waals surface area contributed by atoms with Crippen molar-refractivity contribution in [3.05, 3.63) is 29.6 Å². The van der Waals surface area contributed by atoms with Gasteiger partial charge in [-0.3, -0.25) is 0 Å². The molecule has 0 aliphatic rings. The highest BCUT2D eigenvalue weighted by atomic mass is 16.4. The average molecular weight is 193 g/mol. The Morgan fingerprint density at radius 3 is 3.07 bits per heavy atom. The Morgan fingerprint density at radius 2 is 2.43 bits per heavy atom. The van der Waals surface area contributed by atoms with Crippen LogP contribution >= 0.6 is 0 Å². The molecule has 0 aliphatic carbocycles. The molecule has 3 heteroatoms. The number of rotatable bonds is 5. The quantitative estimate of drug-likeness (QED) is 0.706. The Labute approximate surface area is 83.5 Å². The van der Waals surface area contributed by atoms with Crippen LogP contribution in [0.4, 0.5) is 0 Å². The highest BCUT2D eigenvalue weighted by molar-refractivity contribution is 5.84. The summed E-state index contributed by atoms with van der Waals surface area (Å²) in [5.41, 5.74) is 2.08. The summed E-state index contributed by atoms with van der Waals surface area (Å²) >= 11 is 0. The van der Waals surface area contributed by atoms with Crippen molar-refractivity contribution in [2.24, 2.45) is 0 Å². The number of carbonyl (C=O) groups is 1. The summed E-state index contributed by atoms with van der Waals surface area (Å²) in [5.74, 6) is -0.922. The van der Waals surface area contributed by atoms with Crippen LogP contribution in [-0.4, -0.2) is 16.1 Å². The van der Waals surface area contributed by atoms with Gasteiger partial charge in [-0.1, -0.05) is 13.3 Å². The SMILES string of the molecule is CCCCc1c[nH]c(C=CC(=O)O)c1. The predicted octanol–water partition coefficient (Wildman–Crippen LogP) is 2.46. The second kappa shape index (κ2) is 5.27. The van der Waals surface area contributed by atoms with Crippen LogP contribution in [0.1, 0.15) is 31.0 Å². The number of unbranched alkanes of at least 4 members (excludes halogenated alkanes) is 1. The maximum absolute atomic E-state index is 10.3. The number of hydrogen-bond donors (Lipinski definition) is 2. The number of aromatic amines is 1. The molecule has 0 spiro atoms. The predicted molar refractivity (Wildman–Crippen MR) is 56.1 cm³/mol. The van der Waals surface area contributed by atoms with E-state index in [0.717, 1.165) is 18.2 Å². The fraction of sp³-hybridized carbons (Fsp3) is 0.364. The van der Waals surface area contributed by atoms with E-state index in [1.165, 1.54) is 18.4 Å². The second-order valence-corrected chi connectivity index (χ2v) is 3.24. The van der Waals surface area contributed by atoms with Crippen molar-refractivity contribution < 1.29 is 9.90 Å². The van der Waals surface area contributed by atoms with Crippen molar-refractivity contribution in [2.45, 2.75) is 26.2 Å². The van der Waals surface area contributed by atoms with Crippen LogP contribution in [0.15, 0.2) is 18.3 Å². The number of aliphatic carboxylic acids is 1. The number of carboxylic acids is 1. The lowest BCUT2D eigenvalue weighted by Crippen LogP contribution is -1.85. The summed E-state index contributed by atoms with van der Waals surface area (Å²) in [7, 11) is 0. The second-order valence-electron chi connectivity index (χ2n) is 3.24. The molecule has 0 aliphatic heterocycles. The van der Waals surface area contributed by atoms with Gasteiger partial charge in [0.2, 0.25) is 0 Å². The number of hydrogen-bond acceptors (Lipinski definition) is 1. The van der Waals surface area contributed by atoms with E-state index in [1.54, 1.807) is 6.08 Å². The molecular weight excluding hydrogens is 178 g/mol. The molecule has 0 atom stereocenters. The molecule has 1 aromatic heterocycles. The minimum Gasteiger partial charge on any atom is -0.478 e. The Kier molecular flexibility index (Phi) is 3.98. The maximum Gasteiger partial charge on any atom is 0.328 e. The van der Waals surface area contributed by atoms with Crippen molar-refractivity contribution >= 4 is 12.0 Å². The zero-order valence-corrected chi connectivity index (χ0v) is 8.29. The van der Waals surface area contributed by atoms with Gasteiger partial charge < -0.3 is 10.1 Å². The smallest absolute Gasteiger partial charge is 0.328 e. The number of H-pyrrole nitrogens is 1.